The summed E-state index contributed by atoms with van der Waals surface area (Å²) in [6.45, 7) is 0. The van der Waals surface area contributed by atoms with Crippen LogP contribution in [0.3, 0.4) is 0 Å². The lowest BCUT2D eigenvalue weighted by Crippen LogP contribution is -2.13. The number of nitrogens with one attached hydrogen (secondary N) is 1. The third kappa shape index (κ3) is 3.35. The molecule has 0 saturated carbocycles. The molecule has 0 spiro atoms. The topological polar surface area (TPSA) is 167 Å². The van der Waals surface area contributed by atoms with E-state index in [4.69, 9.17) is 5.11 Å². The number of carboxylic acids is 1. The number of carbonyl (C=O) groups is 1. The quantitative estimate of drug-likeness (QED) is 0.370. The first-order chi connectivity index (χ1) is 14.3. The molecule has 0 unspecified atom stereocenters. The van der Waals surface area contributed by atoms with Gasteiger partial charge in [-0.1, -0.05) is 12.1 Å². The SMILES string of the molecule is O=C(O)c1ccc(NS(=O)(=O)c2ccc(-c3cnn4c(O)ncnc34)cc2)cc1O. The summed E-state index contributed by atoms with van der Waals surface area (Å²) in [6.07, 6.45) is 2.65. The third-order valence-electron chi connectivity index (χ3n) is 4.24. The lowest BCUT2D eigenvalue weighted by molar-refractivity contribution is 0.0693. The highest BCUT2D eigenvalue weighted by Gasteiger charge is 2.18. The van der Waals surface area contributed by atoms with Gasteiger partial charge in [-0.05, 0) is 29.8 Å². The van der Waals surface area contributed by atoms with Crippen molar-refractivity contribution in [3.05, 3.63) is 60.6 Å². The Morgan fingerprint density at radius 1 is 1.03 bits per heavy atom. The van der Waals surface area contributed by atoms with Gasteiger partial charge in [0.05, 0.1) is 16.8 Å². The van der Waals surface area contributed by atoms with Crippen LogP contribution >= 0.6 is 0 Å². The molecule has 11 nitrogen and oxygen atoms in total. The number of fused-ring (bicyclic) bond motifs is 1. The Hall–Kier alpha value is -4.19. The lowest BCUT2D eigenvalue weighted by atomic mass is 10.1. The summed E-state index contributed by atoms with van der Waals surface area (Å²) < 4.78 is 28.6. The molecule has 0 amide bonds. The van der Waals surface area contributed by atoms with E-state index in [-0.39, 0.29) is 22.2 Å². The first-order valence-corrected chi connectivity index (χ1v) is 9.82. The van der Waals surface area contributed by atoms with Crippen LogP contribution in [0.4, 0.5) is 5.69 Å². The Morgan fingerprint density at radius 2 is 1.77 bits per heavy atom. The second-order valence-electron chi connectivity index (χ2n) is 6.13. The van der Waals surface area contributed by atoms with Crippen molar-refractivity contribution < 1.29 is 28.5 Å². The largest absolute Gasteiger partial charge is 0.507 e. The maximum Gasteiger partial charge on any atom is 0.339 e. The van der Waals surface area contributed by atoms with E-state index in [1.807, 2.05) is 0 Å². The molecular weight excluding hydrogens is 414 g/mol. The fourth-order valence-corrected chi connectivity index (χ4v) is 3.86. The highest BCUT2D eigenvalue weighted by Crippen LogP contribution is 2.27. The second kappa shape index (κ2) is 7.00. The van der Waals surface area contributed by atoms with Crippen molar-refractivity contribution in [3.8, 4) is 22.9 Å². The Morgan fingerprint density at radius 3 is 2.43 bits per heavy atom. The van der Waals surface area contributed by atoms with Crippen LogP contribution < -0.4 is 4.72 Å². The van der Waals surface area contributed by atoms with Gasteiger partial charge in [0, 0.05) is 11.6 Å². The number of aromatic hydroxyl groups is 2. The molecule has 0 saturated heterocycles. The minimum Gasteiger partial charge on any atom is -0.507 e. The predicted octanol–water partition coefficient (Wildman–Crippen LogP) is 1.70. The number of hydrogen-bond donors (Lipinski definition) is 4. The maximum absolute atomic E-state index is 12.6. The number of carboxylic acid groups (broad SMARTS) is 1. The van der Waals surface area contributed by atoms with Crippen molar-refractivity contribution in [1.82, 2.24) is 19.6 Å². The summed E-state index contributed by atoms with van der Waals surface area (Å²) in [7, 11) is -3.99. The molecule has 2 aromatic heterocycles. The number of sulfonamides is 1. The zero-order valence-electron chi connectivity index (χ0n) is 15.0. The van der Waals surface area contributed by atoms with Gasteiger partial charge < -0.3 is 15.3 Å². The molecule has 2 heterocycles. The molecule has 0 atom stereocenters. The molecule has 12 heteroatoms. The van der Waals surface area contributed by atoms with Gasteiger partial charge >= 0.3 is 12.0 Å². The van der Waals surface area contributed by atoms with Gasteiger partial charge in [-0.25, -0.2) is 18.2 Å². The number of nitrogens with zero attached hydrogens (tertiary/aromatic N) is 4. The number of aromatic nitrogens is 4. The van der Waals surface area contributed by atoms with E-state index >= 15 is 0 Å². The van der Waals surface area contributed by atoms with Gasteiger partial charge in [0.2, 0.25) is 0 Å². The summed E-state index contributed by atoms with van der Waals surface area (Å²) in [5.74, 6) is -1.89. The van der Waals surface area contributed by atoms with Crippen LogP contribution in [0.5, 0.6) is 11.8 Å². The standard InChI is InChI=1S/C18H13N5O6S/c24-15-7-11(3-6-13(15)17(25)26)22-30(28,29)12-4-1-10(2-5-12)14-8-21-23-16(14)19-9-20-18(23)27/h1-9,22,24H,(H,25,26)(H,19,20,27). The average Bonchev–Trinajstić information content (AvgIpc) is 3.13. The van der Waals surface area contributed by atoms with Gasteiger partial charge in [-0.2, -0.15) is 14.6 Å². The molecule has 0 fully saturated rings. The number of benzene rings is 2. The van der Waals surface area contributed by atoms with E-state index in [2.05, 4.69) is 19.8 Å². The summed E-state index contributed by atoms with van der Waals surface area (Å²) in [6, 6.07) is 8.86. The summed E-state index contributed by atoms with van der Waals surface area (Å²) in [4.78, 5) is 18.6. The number of hydrogen-bond acceptors (Lipinski definition) is 8. The number of phenols is 1. The second-order valence-corrected chi connectivity index (χ2v) is 7.82. The van der Waals surface area contributed by atoms with Crippen LogP contribution in [0.2, 0.25) is 0 Å². The van der Waals surface area contributed by atoms with E-state index < -0.39 is 21.7 Å². The molecule has 152 valence electrons. The van der Waals surface area contributed by atoms with Crippen LogP contribution in [-0.4, -0.2) is 49.3 Å². The highest BCUT2D eigenvalue weighted by molar-refractivity contribution is 7.92. The number of aromatic carboxylic acids is 1. The Bertz CT molecular complexity index is 1380. The van der Waals surface area contributed by atoms with E-state index in [1.54, 1.807) is 12.1 Å². The van der Waals surface area contributed by atoms with Crippen molar-refractivity contribution in [2.45, 2.75) is 4.90 Å². The molecule has 0 aliphatic heterocycles. The maximum atomic E-state index is 12.6. The summed E-state index contributed by atoms with van der Waals surface area (Å²) >= 11 is 0. The normalized spacial score (nSPS) is 11.5. The molecule has 0 radical (unpaired) electrons. The summed E-state index contributed by atoms with van der Waals surface area (Å²) in [5.41, 5.74) is 1.21. The van der Waals surface area contributed by atoms with Gasteiger partial charge in [0.25, 0.3) is 10.0 Å². The minimum atomic E-state index is -3.99. The number of anilines is 1. The first-order valence-electron chi connectivity index (χ1n) is 8.33. The van der Waals surface area contributed by atoms with Gasteiger partial charge in [0.1, 0.15) is 17.6 Å². The zero-order chi connectivity index (χ0) is 21.5. The van der Waals surface area contributed by atoms with Crippen LogP contribution in [0, 0.1) is 0 Å². The van der Waals surface area contributed by atoms with Gasteiger partial charge in [-0.15, -0.1) is 0 Å². The van der Waals surface area contributed by atoms with Gasteiger partial charge in [-0.3, -0.25) is 4.72 Å². The molecular formula is C18H13N5O6S. The van der Waals surface area contributed by atoms with Crippen molar-refractivity contribution >= 4 is 27.3 Å². The molecule has 30 heavy (non-hydrogen) atoms. The monoisotopic (exact) mass is 427 g/mol. The molecule has 0 aliphatic carbocycles. The Balaban J connectivity index is 1.62. The molecule has 0 bridgehead atoms. The fourth-order valence-electron chi connectivity index (χ4n) is 2.81. The van der Waals surface area contributed by atoms with E-state index in [9.17, 15) is 23.4 Å². The fraction of sp³-hybridized carbons (Fsp3) is 0. The molecule has 4 N–H and O–H groups in total. The van der Waals surface area contributed by atoms with E-state index in [0.717, 1.165) is 16.6 Å². The van der Waals surface area contributed by atoms with Crippen LogP contribution in [0.15, 0.2) is 59.9 Å². The summed E-state index contributed by atoms with van der Waals surface area (Å²) in [5, 5.41) is 32.3. The highest BCUT2D eigenvalue weighted by atomic mass is 32.2. The van der Waals surface area contributed by atoms with E-state index in [0.29, 0.717) is 16.8 Å². The Kier molecular flexibility index (Phi) is 4.47. The number of rotatable bonds is 5. The molecule has 4 aromatic rings. The van der Waals surface area contributed by atoms with Crippen molar-refractivity contribution in [3.63, 3.8) is 0 Å². The lowest BCUT2D eigenvalue weighted by Gasteiger charge is -2.10. The molecule has 0 aliphatic rings. The van der Waals surface area contributed by atoms with Crippen LogP contribution in [0.25, 0.3) is 16.8 Å². The van der Waals surface area contributed by atoms with Gasteiger partial charge in [0.15, 0.2) is 5.65 Å². The smallest absolute Gasteiger partial charge is 0.339 e. The molecule has 2 aromatic carbocycles. The zero-order valence-corrected chi connectivity index (χ0v) is 15.8. The Labute approximate surface area is 169 Å². The van der Waals surface area contributed by atoms with Crippen LogP contribution in [0.1, 0.15) is 10.4 Å². The molecule has 4 rings (SSSR count). The van der Waals surface area contributed by atoms with Crippen molar-refractivity contribution in [2.24, 2.45) is 0 Å². The minimum absolute atomic E-state index is 0.0105. The first kappa shape index (κ1) is 19.1. The van der Waals surface area contributed by atoms with E-state index in [1.165, 1.54) is 30.7 Å². The third-order valence-corrected chi connectivity index (χ3v) is 5.64. The van der Waals surface area contributed by atoms with Crippen LogP contribution in [-0.2, 0) is 10.0 Å². The van der Waals surface area contributed by atoms with Crippen molar-refractivity contribution in [1.29, 1.82) is 0 Å². The van der Waals surface area contributed by atoms with Crippen molar-refractivity contribution in [2.75, 3.05) is 4.72 Å². The average molecular weight is 427 g/mol. The predicted molar refractivity (Wildman–Crippen MR) is 104 cm³/mol.